The van der Waals surface area contributed by atoms with E-state index in [0.29, 0.717) is 19.6 Å². The van der Waals surface area contributed by atoms with Gasteiger partial charge in [0.25, 0.3) is 0 Å². The van der Waals surface area contributed by atoms with Crippen LogP contribution >= 0.6 is 0 Å². The molecule has 22 heavy (non-hydrogen) atoms. The highest BCUT2D eigenvalue weighted by molar-refractivity contribution is 5.90. The SMILES string of the molecule is O=C(Nc1ccccc1C(F)(F)F)N1CCn2cncc2C1. The normalized spacial score (nSPS) is 14.6. The molecule has 8 heteroatoms. The molecule has 3 rings (SSSR count). The first kappa shape index (κ1) is 14.4. The first-order valence-electron chi connectivity index (χ1n) is 6.66. The van der Waals surface area contributed by atoms with Gasteiger partial charge in [-0.15, -0.1) is 0 Å². The second-order valence-electron chi connectivity index (χ2n) is 4.97. The summed E-state index contributed by atoms with van der Waals surface area (Å²) < 4.78 is 40.7. The van der Waals surface area contributed by atoms with Crippen LogP contribution in [-0.4, -0.2) is 27.0 Å². The summed E-state index contributed by atoms with van der Waals surface area (Å²) in [5.74, 6) is 0. The Morgan fingerprint density at radius 1 is 1.23 bits per heavy atom. The van der Waals surface area contributed by atoms with Crippen molar-refractivity contribution in [3.63, 3.8) is 0 Å². The Labute approximate surface area is 124 Å². The Kier molecular flexibility index (Phi) is 3.51. The van der Waals surface area contributed by atoms with Crippen LogP contribution in [0.4, 0.5) is 23.7 Å². The van der Waals surface area contributed by atoms with Gasteiger partial charge >= 0.3 is 12.2 Å². The van der Waals surface area contributed by atoms with Crippen molar-refractivity contribution in [2.45, 2.75) is 19.3 Å². The van der Waals surface area contributed by atoms with Gasteiger partial charge in [-0.25, -0.2) is 9.78 Å². The zero-order chi connectivity index (χ0) is 15.7. The molecule has 2 aromatic rings. The van der Waals surface area contributed by atoms with Crippen LogP contribution in [0.1, 0.15) is 11.3 Å². The molecule has 0 spiro atoms. The molecule has 0 fully saturated rings. The summed E-state index contributed by atoms with van der Waals surface area (Å²) >= 11 is 0. The highest BCUT2D eigenvalue weighted by atomic mass is 19.4. The molecule has 2 amide bonds. The molecule has 0 radical (unpaired) electrons. The molecule has 1 aromatic heterocycles. The smallest absolute Gasteiger partial charge is 0.331 e. The fourth-order valence-corrected chi connectivity index (χ4v) is 2.39. The van der Waals surface area contributed by atoms with E-state index < -0.39 is 17.8 Å². The largest absolute Gasteiger partial charge is 0.418 e. The Bertz CT molecular complexity index is 695. The molecule has 1 N–H and O–H groups in total. The first-order valence-corrected chi connectivity index (χ1v) is 6.66. The maximum atomic E-state index is 12.9. The number of amides is 2. The Balaban J connectivity index is 1.76. The predicted molar refractivity (Wildman–Crippen MR) is 73.1 cm³/mol. The number of benzene rings is 1. The van der Waals surface area contributed by atoms with Crippen molar-refractivity contribution >= 4 is 11.7 Å². The van der Waals surface area contributed by atoms with E-state index >= 15 is 0 Å². The summed E-state index contributed by atoms with van der Waals surface area (Å²) in [5.41, 5.74) is -0.241. The number of nitrogens with one attached hydrogen (secondary N) is 1. The van der Waals surface area contributed by atoms with Gasteiger partial charge in [0.15, 0.2) is 0 Å². The van der Waals surface area contributed by atoms with Crippen molar-refractivity contribution in [2.75, 3.05) is 11.9 Å². The minimum absolute atomic E-state index is 0.237. The predicted octanol–water partition coefficient (Wildman–Crippen LogP) is 2.95. The molecule has 0 saturated carbocycles. The molecule has 0 aliphatic carbocycles. The summed E-state index contributed by atoms with van der Waals surface area (Å²) in [5, 5.41) is 2.35. The van der Waals surface area contributed by atoms with Crippen LogP contribution in [0.2, 0.25) is 0 Å². The van der Waals surface area contributed by atoms with Gasteiger partial charge in [0.05, 0.1) is 29.8 Å². The van der Waals surface area contributed by atoms with Crippen LogP contribution in [0.15, 0.2) is 36.8 Å². The maximum Gasteiger partial charge on any atom is 0.418 e. The van der Waals surface area contributed by atoms with Gasteiger partial charge in [-0.3, -0.25) is 0 Å². The number of alkyl halides is 3. The van der Waals surface area contributed by atoms with Crippen molar-refractivity contribution in [2.24, 2.45) is 0 Å². The summed E-state index contributed by atoms with van der Waals surface area (Å²) in [4.78, 5) is 17.6. The molecule has 2 heterocycles. The first-order chi connectivity index (χ1) is 10.4. The van der Waals surface area contributed by atoms with E-state index in [4.69, 9.17) is 0 Å². The van der Waals surface area contributed by atoms with Gasteiger partial charge in [0, 0.05) is 19.3 Å². The summed E-state index contributed by atoms with van der Waals surface area (Å²) in [6.07, 6.45) is -1.20. The third-order valence-corrected chi connectivity index (χ3v) is 3.52. The fourth-order valence-electron chi connectivity index (χ4n) is 2.39. The number of carbonyl (C=O) groups excluding carboxylic acids is 1. The highest BCUT2D eigenvalue weighted by Crippen LogP contribution is 2.34. The van der Waals surface area contributed by atoms with Crippen LogP contribution in [0.25, 0.3) is 0 Å². The molecule has 1 aliphatic heterocycles. The number of halogens is 3. The van der Waals surface area contributed by atoms with Crippen LogP contribution in [0.5, 0.6) is 0 Å². The van der Waals surface area contributed by atoms with Gasteiger partial charge in [-0.2, -0.15) is 13.2 Å². The number of fused-ring (bicyclic) bond motifs is 1. The van der Waals surface area contributed by atoms with Crippen molar-refractivity contribution < 1.29 is 18.0 Å². The van der Waals surface area contributed by atoms with E-state index in [-0.39, 0.29) is 5.69 Å². The number of aromatic nitrogens is 2. The minimum atomic E-state index is -4.51. The fraction of sp³-hybridized carbons (Fsp3) is 0.286. The summed E-state index contributed by atoms with van der Waals surface area (Å²) in [6.45, 7) is 1.31. The van der Waals surface area contributed by atoms with Crippen molar-refractivity contribution in [1.82, 2.24) is 14.5 Å². The topological polar surface area (TPSA) is 50.2 Å². The van der Waals surface area contributed by atoms with Crippen LogP contribution in [0, 0.1) is 0 Å². The molecule has 1 aromatic carbocycles. The van der Waals surface area contributed by atoms with E-state index in [1.165, 1.54) is 23.1 Å². The van der Waals surface area contributed by atoms with Crippen LogP contribution in [-0.2, 0) is 19.3 Å². The van der Waals surface area contributed by atoms with Gasteiger partial charge in [-0.1, -0.05) is 12.1 Å². The number of imidazole rings is 1. The second-order valence-corrected chi connectivity index (χ2v) is 4.97. The lowest BCUT2D eigenvalue weighted by molar-refractivity contribution is -0.136. The standard InChI is InChI=1S/C14H13F3N4O/c15-14(16,17)11-3-1-2-4-12(11)19-13(22)20-5-6-21-9-18-7-10(21)8-20/h1-4,7,9H,5-6,8H2,(H,19,22). The lowest BCUT2D eigenvalue weighted by Crippen LogP contribution is -2.40. The maximum absolute atomic E-state index is 12.9. The number of nitrogens with zero attached hydrogens (tertiary/aromatic N) is 3. The van der Waals surface area contributed by atoms with Crippen molar-refractivity contribution in [3.8, 4) is 0 Å². The number of para-hydroxylation sites is 1. The molecular formula is C14H13F3N4O. The summed E-state index contributed by atoms with van der Waals surface area (Å²) in [7, 11) is 0. The number of hydrogen-bond acceptors (Lipinski definition) is 2. The number of anilines is 1. The minimum Gasteiger partial charge on any atom is -0.331 e. The van der Waals surface area contributed by atoms with Crippen molar-refractivity contribution in [1.29, 1.82) is 0 Å². The molecule has 116 valence electrons. The van der Waals surface area contributed by atoms with E-state index in [9.17, 15) is 18.0 Å². The van der Waals surface area contributed by atoms with Gasteiger partial charge in [-0.05, 0) is 12.1 Å². The number of hydrogen-bond donors (Lipinski definition) is 1. The van der Waals surface area contributed by atoms with E-state index in [2.05, 4.69) is 10.3 Å². The average Bonchev–Trinajstić information content (AvgIpc) is 2.94. The lowest BCUT2D eigenvalue weighted by atomic mass is 10.1. The lowest BCUT2D eigenvalue weighted by Gasteiger charge is -2.28. The molecule has 0 atom stereocenters. The summed E-state index contributed by atoms with van der Waals surface area (Å²) in [6, 6.07) is 4.38. The molecule has 0 unspecified atom stereocenters. The number of carbonyl (C=O) groups is 1. The third kappa shape index (κ3) is 2.76. The van der Waals surface area contributed by atoms with Crippen molar-refractivity contribution in [3.05, 3.63) is 48.0 Å². The van der Waals surface area contributed by atoms with Gasteiger partial charge in [0.2, 0.25) is 0 Å². The van der Waals surface area contributed by atoms with E-state index in [0.717, 1.165) is 11.8 Å². The van der Waals surface area contributed by atoms with Crippen LogP contribution < -0.4 is 5.32 Å². The molecule has 5 nitrogen and oxygen atoms in total. The molecular weight excluding hydrogens is 297 g/mol. The number of rotatable bonds is 1. The highest BCUT2D eigenvalue weighted by Gasteiger charge is 2.34. The second kappa shape index (κ2) is 5.36. The quantitative estimate of drug-likeness (QED) is 0.880. The van der Waals surface area contributed by atoms with Crippen LogP contribution in [0.3, 0.4) is 0 Å². The Morgan fingerprint density at radius 3 is 2.77 bits per heavy atom. The Morgan fingerprint density at radius 2 is 2.00 bits per heavy atom. The average molecular weight is 310 g/mol. The van der Waals surface area contributed by atoms with Gasteiger partial charge < -0.3 is 14.8 Å². The zero-order valence-corrected chi connectivity index (χ0v) is 11.5. The molecule has 1 aliphatic rings. The van der Waals surface area contributed by atoms with Gasteiger partial charge in [0.1, 0.15) is 0 Å². The van der Waals surface area contributed by atoms with E-state index in [1.807, 2.05) is 4.57 Å². The molecule has 0 saturated heterocycles. The monoisotopic (exact) mass is 310 g/mol. The van der Waals surface area contributed by atoms with E-state index in [1.54, 1.807) is 12.5 Å². The third-order valence-electron chi connectivity index (χ3n) is 3.52. The molecule has 0 bridgehead atoms. The number of urea groups is 1. The zero-order valence-electron chi connectivity index (χ0n) is 11.5. The Hall–Kier alpha value is -2.51.